The summed E-state index contributed by atoms with van der Waals surface area (Å²) in [6.45, 7) is 100. The van der Waals surface area contributed by atoms with E-state index in [1.165, 1.54) is 0 Å². The normalized spacial score (nSPS) is 16.7. The molecule has 3 aromatic rings. The van der Waals surface area contributed by atoms with E-state index >= 15 is 0 Å². The molecule has 0 saturated heterocycles. The van der Waals surface area contributed by atoms with Crippen molar-refractivity contribution in [3.05, 3.63) is 55.3 Å². The zero-order valence-corrected chi connectivity index (χ0v) is 63.6. The lowest BCUT2D eigenvalue weighted by atomic mass is 10.1. The maximum Gasteiger partial charge on any atom is 0.178 e. The van der Waals surface area contributed by atoms with Gasteiger partial charge in [0.05, 0.1) is 72.7 Å². The standard InChI is InChI=1S/C60H112Si10/c1-38-39(2)41(4)48(40(38)3)70(49-42(5)52(61(11,12)13)58(67(29,30)31)53(43(49)6)62(14,15)16,50-44(7)54(63(17,18)19)59(68(32,33)34)55(45(50)8)64(20,21)22)51-46(9)56(65(23,24)25)60(69(35,36)37)57(47(51)10)66(26,27)28/h40H,1-37H3. The average molecular weight is 1110 g/mol. The maximum atomic E-state index is 2.73. The molecule has 0 N–H and O–H groups in total. The summed E-state index contributed by atoms with van der Waals surface area (Å²) in [5, 5.41) is 24.1. The minimum Gasteiger partial charge on any atom is -0.0656 e. The van der Waals surface area contributed by atoms with E-state index in [2.05, 4.69) is 246 Å². The molecule has 392 valence electrons. The first-order valence-corrected chi connectivity index (χ1v) is 61.2. The second-order valence-electron chi connectivity index (χ2n) is 32.3. The summed E-state index contributed by atoms with van der Waals surface area (Å²) in [6, 6.07) is 0. The monoisotopic (exact) mass is 1110 g/mol. The predicted molar refractivity (Wildman–Crippen MR) is 359 cm³/mol. The minimum atomic E-state index is -3.36. The Labute approximate surface area is 446 Å². The van der Waals surface area contributed by atoms with Gasteiger partial charge in [-0.25, -0.2) is 0 Å². The van der Waals surface area contributed by atoms with Crippen molar-refractivity contribution in [1.82, 2.24) is 0 Å². The zero-order valence-electron chi connectivity index (χ0n) is 53.6. The zero-order chi connectivity index (χ0) is 55.3. The van der Waals surface area contributed by atoms with Gasteiger partial charge in [-0.1, -0.05) is 280 Å². The van der Waals surface area contributed by atoms with Gasteiger partial charge in [0, 0.05) is 0 Å². The van der Waals surface area contributed by atoms with Crippen LogP contribution >= 0.6 is 0 Å². The van der Waals surface area contributed by atoms with Crippen LogP contribution in [0.4, 0.5) is 0 Å². The van der Waals surface area contributed by atoms with E-state index in [-0.39, 0.29) is 0 Å². The lowest BCUT2D eigenvalue weighted by molar-refractivity contribution is 0.851. The first-order chi connectivity index (χ1) is 30.7. The van der Waals surface area contributed by atoms with Gasteiger partial charge in [-0.15, -0.1) is 0 Å². The fraction of sp³-hybridized carbons (Fsp3) is 0.633. The molecule has 10 heteroatoms. The number of hydrogen-bond acceptors (Lipinski definition) is 0. The fourth-order valence-electron chi connectivity index (χ4n) is 15.4. The van der Waals surface area contributed by atoms with E-state index < -0.39 is 80.7 Å². The number of rotatable bonds is 13. The SMILES string of the molecule is CC1=C(C)C(C)C([Si](c2c(C)c([Si](C)(C)C)c([Si](C)(C)C)c([Si](C)(C)C)c2C)(c2c(C)c([Si](C)(C)C)c([Si](C)(C)C)c([Si](C)(C)C)c2C)c2c(C)c([Si](C)(C)C)c([Si](C)(C)C)c([Si](C)(C)C)c2C)=C1C. The van der Waals surface area contributed by atoms with Crippen molar-refractivity contribution in [3.8, 4) is 0 Å². The maximum absolute atomic E-state index is 3.36. The van der Waals surface area contributed by atoms with Gasteiger partial charge >= 0.3 is 0 Å². The highest BCUT2D eigenvalue weighted by atomic mass is 28.3. The molecule has 4 rings (SSSR count). The molecule has 1 atom stereocenters. The third kappa shape index (κ3) is 10.3. The van der Waals surface area contributed by atoms with Crippen LogP contribution in [0.25, 0.3) is 0 Å². The Balaban J connectivity index is 3.05. The number of hydrogen-bond donors (Lipinski definition) is 0. The van der Waals surface area contributed by atoms with Crippen LogP contribution in [0.5, 0.6) is 0 Å². The predicted octanol–water partition coefficient (Wildman–Crippen LogP) is 11.8. The van der Waals surface area contributed by atoms with E-state index in [0.717, 1.165) is 0 Å². The van der Waals surface area contributed by atoms with Crippen LogP contribution in [0.2, 0.25) is 177 Å². The average Bonchev–Trinajstić information content (AvgIpc) is 3.27. The molecule has 0 spiro atoms. The van der Waals surface area contributed by atoms with Crippen LogP contribution in [0.3, 0.4) is 0 Å². The molecular formula is C60H112Si10. The van der Waals surface area contributed by atoms with Crippen LogP contribution in [0.1, 0.15) is 61.1 Å². The topological polar surface area (TPSA) is 0 Å². The second kappa shape index (κ2) is 18.8. The van der Waals surface area contributed by atoms with Crippen molar-refractivity contribution in [3.63, 3.8) is 0 Å². The smallest absolute Gasteiger partial charge is 0.0656 e. The molecule has 0 fully saturated rings. The van der Waals surface area contributed by atoms with Gasteiger partial charge < -0.3 is 0 Å². The molecule has 0 saturated carbocycles. The Hall–Kier alpha value is -0.691. The number of benzene rings is 3. The summed E-state index contributed by atoms with van der Waals surface area (Å²) < 4.78 is 0. The molecule has 0 aliphatic heterocycles. The molecule has 1 unspecified atom stereocenters. The highest BCUT2D eigenvalue weighted by Gasteiger charge is 2.57. The first kappa shape index (κ1) is 61.9. The molecule has 0 bridgehead atoms. The molecule has 3 aromatic carbocycles. The summed E-state index contributed by atoms with van der Waals surface area (Å²) >= 11 is 0. The third-order valence-electron chi connectivity index (χ3n) is 16.9. The molecule has 0 aromatic heterocycles. The van der Waals surface area contributed by atoms with Gasteiger partial charge in [-0.3, -0.25) is 0 Å². The van der Waals surface area contributed by atoms with Crippen LogP contribution in [0, 0.1) is 47.5 Å². The Bertz CT molecular complexity index is 2300. The summed E-state index contributed by atoms with van der Waals surface area (Å²) in [5.41, 5.74) is 15.1. The van der Waals surface area contributed by atoms with Crippen molar-refractivity contribution >= 4 is 143 Å². The van der Waals surface area contributed by atoms with Crippen LogP contribution < -0.4 is 62.2 Å². The van der Waals surface area contributed by atoms with Gasteiger partial charge in [-0.2, -0.15) is 0 Å². The molecular weight excluding hydrogens is 1000 g/mol. The highest BCUT2D eigenvalue weighted by molar-refractivity contribution is 7.20. The molecule has 1 aliphatic carbocycles. The minimum absolute atomic E-state index is 0.357. The summed E-state index contributed by atoms with van der Waals surface area (Å²) in [4.78, 5) is 0. The molecule has 1 aliphatic rings. The van der Waals surface area contributed by atoms with E-state index in [1.807, 2.05) is 67.4 Å². The molecule has 70 heavy (non-hydrogen) atoms. The summed E-state index contributed by atoms with van der Waals surface area (Å²) in [5.74, 6) is 0.357. The van der Waals surface area contributed by atoms with Crippen molar-refractivity contribution in [2.45, 2.75) is 246 Å². The van der Waals surface area contributed by atoms with Gasteiger partial charge in [-0.05, 0) is 89.4 Å². The van der Waals surface area contributed by atoms with Crippen molar-refractivity contribution in [2.24, 2.45) is 5.92 Å². The van der Waals surface area contributed by atoms with Crippen LogP contribution in [0.15, 0.2) is 21.9 Å². The molecule has 0 amide bonds. The van der Waals surface area contributed by atoms with E-state index in [0.29, 0.717) is 5.92 Å². The third-order valence-corrected chi connectivity index (χ3v) is 43.3. The summed E-state index contributed by atoms with van der Waals surface area (Å²) in [6.07, 6.45) is 0. The first-order valence-electron chi connectivity index (χ1n) is 27.7. The lowest BCUT2D eigenvalue weighted by Crippen LogP contribution is -2.82. The van der Waals surface area contributed by atoms with Crippen molar-refractivity contribution < 1.29 is 0 Å². The Morgan fingerprint density at radius 1 is 0.214 bits per heavy atom. The number of allylic oxidation sites excluding steroid dienone is 4. The molecule has 0 radical (unpaired) electrons. The van der Waals surface area contributed by atoms with Crippen LogP contribution in [-0.4, -0.2) is 80.7 Å². The van der Waals surface area contributed by atoms with Gasteiger partial charge in [0.1, 0.15) is 0 Å². The highest BCUT2D eigenvalue weighted by Crippen LogP contribution is 2.43. The van der Waals surface area contributed by atoms with Crippen LogP contribution in [-0.2, 0) is 0 Å². The molecule has 0 heterocycles. The summed E-state index contributed by atoms with van der Waals surface area (Å²) in [7, 11) is -20.8. The van der Waals surface area contributed by atoms with Gasteiger partial charge in [0.2, 0.25) is 0 Å². The van der Waals surface area contributed by atoms with Crippen molar-refractivity contribution in [2.75, 3.05) is 0 Å². The Morgan fingerprint density at radius 2 is 0.371 bits per heavy atom. The largest absolute Gasteiger partial charge is 0.178 e. The van der Waals surface area contributed by atoms with Gasteiger partial charge in [0.25, 0.3) is 0 Å². The van der Waals surface area contributed by atoms with E-state index in [1.54, 1.807) is 50.1 Å². The van der Waals surface area contributed by atoms with Gasteiger partial charge in [0.15, 0.2) is 8.07 Å². The Kier molecular flexibility index (Phi) is 16.6. The van der Waals surface area contributed by atoms with E-state index in [9.17, 15) is 0 Å². The Morgan fingerprint density at radius 3 is 0.486 bits per heavy atom. The van der Waals surface area contributed by atoms with E-state index in [4.69, 9.17) is 0 Å². The fourth-order valence-corrected chi connectivity index (χ4v) is 55.7. The van der Waals surface area contributed by atoms with Crippen molar-refractivity contribution in [1.29, 1.82) is 0 Å². The quantitative estimate of drug-likeness (QED) is 0.118. The lowest BCUT2D eigenvalue weighted by Gasteiger charge is -2.50. The molecule has 0 nitrogen and oxygen atoms in total. The second-order valence-corrected chi connectivity index (χ2v) is 80.9.